The van der Waals surface area contributed by atoms with Crippen molar-refractivity contribution in [2.45, 2.75) is 31.3 Å². The molecule has 0 saturated carbocycles. The quantitative estimate of drug-likeness (QED) is 0.796. The van der Waals surface area contributed by atoms with Gasteiger partial charge in [-0.05, 0) is 30.9 Å². The fourth-order valence-corrected chi connectivity index (χ4v) is 3.66. The standard InChI is InChI=1S/C17H18N6O3/c1-22-9-11(8-19-22)20-17-18-5-4-14(21-17)10-6-12-2-3-13(7-10)23(12)15(24)16(25)26/h4-6,8-9,12-13H,2-3,7H2,1H3,(H,25,26)(H,18,20,21). The van der Waals surface area contributed by atoms with Crippen molar-refractivity contribution < 1.29 is 14.7 Å². The number of carbonyl (C=O) groups is 2. The lowest BCUT2D eigenvalue weighted by molar-refractivity contribution is -0.157. The van der Waals surface area contributed by atoms with Crippen molar-refractivity contribution in [2.24, 2.45) is 7.05 Å². The van der Waals surface area contributed by atoms with E-state index >= 15 is 0 Å². The Hall–Kier alpha value is -3.23. The van der Waals surface area contributed by atoms with E-state index in [9.17, 15) is 9.59 Å². The number of carboxylic acid groups (broad SMARTS) is 1. The second-order valence-corrected chi connectivity index (χ2v) is 6.51. The van der Waals surface area contributed by atoms with Gasteiger partial charge >= 0.3 is 11.9 Å². The molecule has 1 fully saturated rings. The summed E-state index contributed by atoms with van der Waals surface area (Å²) in [5.41, 5.74) is 2.59. The Morgan fingerprint density at radius 1 is 1.35 bits per heavy atom. The summed E-state index contributed by atoms with van der Waals surface area (Å²) >= 11 is 0. The molecule has 0 aromatic carbocycles. The smallest absolute Gasteiger partial charge is 0.394 e. The van der Waals surface area contributed by atoms with Gasteiger partial charge in [0.05, 0.1) is 23.6 Å². The molecule has 2 atom stereocenters. The maximum absolute atomic E-state index is 11.9. The average molecular weight is 354 g/mol. The summed E-state index contributed by atoms with van der Waals surface area (Å²) in [5.74, 6) is -1.76. The van der Waals surface area contributed by atoms with Crippen LogP contribution in [0.5, 0.6) is 0 Å². The van der Waals surface area contributed by atoms with Crippen LogP contribution in [0.4, 0.5) is 11.6 Å². The van der Waals surface area contributed by atoms with E-state index in [0.717, 1.165) is 29.8 Å². The first kappa shape index (κ1) is 16.2. The molecule has 2 aliphatic rings. The molecule has 1 amide bonds. The van der Waals surface area contributed by atoms with E-state index in [0.29, 0.717) is 12.4 Å². The Balaban J connectivity index is 1.57. The zero-order valence-electron chi connectivity index (χ0n) is 14.2. The van der Waals surface area contributed by atoms with Crippen molar-refractivity contribution in [3.8, 4) is 0 Å². The molecule has 1 saturated heterocycles. The van der Waals surface area contributed by atoms with Crippen molar-refractivity contribution in [1.29, 1.82) is 0 Å². The Kier molecular flexibility index (Phi) is 3.90. The van der Waals surface area contributed by atoms with Gasteiger partial charge in [-0.3, -0.25) is 9.48 Å². The number of nitrogens with zero attached hydrogens (tertiary/aromatic N) is 5. The number of amides is 1. The van der Waals surface area contributed by atoms with Gasteiger partial charge < -0.3 is 15.3 Å². The molecule has 2 aromatic rings. The molecule has 0 radical (unpaired) electrons. The van der Waals surface area contributed by atoms with Gasteiger partial charge in [-0.2, -0.15) is 5.10 Å². The molecule has 134 valence electrons. The molecule has 4 heterocycles. The number of carboxylic acids is 1. The third-order valence-electron chi connectivity index (χ3n) is 4.76. The van der Waals surface area contributed by atoms with Crippen LogP contribution in [0, 0.1) is 0 Å². The number of hydrogen-bond acceptors (Lipinski definition) is 6. The topological polar surface area (TPSA) is 113 Å². The SMILES string of the molecule is Cn1cc(Nc2nccc(C3=CC4CCC(C3)N4C(=O)C(=O)O)n2)cn1. The van der Waals surface area contributed by atoms with Gasteiger partial charge in [-0.15, -0.1) is 0 Å². The van der Waals surface area contributed by atoms with Crippen LogP contribution in [0.3, 0.4) is 0 Å². The summed E-state index contributed by atoms with van der Waals surface area (Å²) in [6.07, 6.45) is 9.32. The number of anilines is 2. The summed E-state index contributed by atoms with van der Waals surface area (Å²) in [6.45, 7) is 0. The summed E-state index contributed by atoms with van der Waals surface area (Å²) in [6, 6.07) is 1.55. The number of aliphatic carboxylic acids is 1. The van der Waals surface area contributed by atoms with Gasteiger partial charge in [0.25, 0.3) is 0 Å². The van der Waals surface area contributed by atoms with Crippen molar-refractivity contribution in [3.05, 3.63) is 36.4 Å². The van der Waals surface area contributed by atoms with E-state index in [1.807, 2.05) is 25.4 Å². The van der Waals surface area contributed by atoms with Crippen molar-refractivity contribution >= 4 is 29.1 Å². The van der Waals surface area contributed by atoms with Crippen LogP contribution in [0.25, 0.3) is 5.57 Å². The van der Waals surface area contributed by atoms with E-state index in [4.69, 9.17) is 5.11 Å². The lowest BCUT2D eigenvalue weighted by Crippen LogP contribution is -2.46. The predicted molar refractivity (Wildman–Crippen MR) is 92.4 cm³/mol. The lowest BCUT2D eigenvalue weighted by atomic mass is 9.98. The minimum Gasteiger partial charge on any atom is -0.474 e. The minimum absolute atomic E-state index is 0.0895. The molecule has 2 aromatic heterocycles. The maximum atomic E-state index is 11.9. The molecule has 2 unspecified atom stereocenters. The second-order valence-electron chi connectivity index (χ2n) is 6.51. The minimum atomic E-state index is -1.40. The van der Waals surface area contributed by atoms with Gasteiger partial charge in [0.2, 0.25) is 5.95 Å². The number of aryl methyl sites for hydroxylation is 1. The van der Waals surface area contributed by atoms with Crippen molar-refractivity contribution in [3.63, 3.8) is 0 Å². The van der Waals surface area contributed by atoms with Crippen LogP contribution < -0.4 is 5.32 Å². The summed E-state index contributed by atoms with van der Waals surface area (Å²) in [5, 5.41) is 16.2. The zero-order chi connectivity index (χ0) is 18.3. The van der Waals surface area contributed by atoms with Crippen molar-refractivity contribution in [1.82, 2.24) is 24.6 Å². The van der Waals surface area contributed by atoms with Crippen LogP contribution in [0.1, 0.15) is 25.0 Å². The lowest BCUT2D eigenvalue weighted by Gasteiger charge is -2.32. The maximum Gasteiger partial charge on any atom is 0.394 e. The molecular formula is C17H18N6O3. The zero-order valence-corrected chi connectivity index (χ0v) is 14.2. The predicted octanol–water partition coefficient (Wildman–Crippen LogP) is 1.19. The van der Waals surface area contributed by atoms with Crippen LogP contribution >= 0.6 is 0 Å². The van der Waals surface area contributed by atoms with Crippen LogP contribution in [-0.2, 0) is 16.6 Å². The fourth-order valence-electron chi connectivity index (χ4n) is 3.66. The normalized spacial score (nSPS) is 21.4. The van der Waals surface area contributed by atoms with Gasteiger partial charge in [-0.25, -0.2) is 14.8 Å². The van der Waals surface area contributed by atoms with E-state index in [-0.39, 0.29) is 12.1 Å². The molecule has 4 rings (SSSR count). The Labute approximate surface area is 149 Å². The molecule has 0 aliphatic carbocycles. The Morgan fingerprint density at radius 2 is 2.19 bits per heavy atom. The van der Waals surface area contributed by atoms with Gasteiger partial charge in [0.1, 0.15) is 0 Å². The number of carbonyl (C=O) groups excluding carboxylic acids is 1. The second kappa shape index (κ2) is 6.25. The van der Waals surface area contributed by atoms with Crippen LogP contribution in [0.2, 0.25) is 0 Å². The summed E-state index contributed by atoms with van der Waals surface area (Å²) < 4.78 is 1.68. The first-order valence-corrected chi connectivity index (χ1v) is 8.36. The Bertz CT molecular complexity index is 905. The van der Waals surface area contributed by atoms with E-state index in [1.165, 1.54) is 4.90 Å². The number of nitrogens with one attached hydrogen (secondary N) is 1. The average Bonchev–Trinajstić information content (AvgIpc) is 3.14. The van der Waals surface area contributed by atoms with E-state index in [1.54, 1.807) is 17.1 Å². The highest BCUT2D eigenvalue weighted by Gasteiger charge is 2.42. The number of aromatic nitrogens is 4. The molecule has 2 bridgehead atoms. The highest BCUT2D eigenvalue weighted by Crippen LogP contribution is 2.38. The van der Waals surface area contributed by atoms with E-state index in [2.05, 4.69) is 20.4 Å². The molecule has 9 heteroatoms. The van der Waals surface area contributed by atoms with Crippen molar-refractivity contribution in [2.75, 3.05) is 5.32 Å². The Morgan fingerprint density at radius 3 is 2.88 bits per heavy atom. The third-order valence-corrected chi connectivity index (χ3v) is 4.76. The van der Waals surface area contributed by atoms with E-state index < -0.39 is 11.9 Å². The highest BCUT2D eigenvalue weighted by molar-refractivity contribution is 6.31. The largest absolute Gasteiger partial charge is 0.474 e. The highest BCUT2D eigenvalue weighted by atomic mass is 16.4. The molecular weight excluding hydrogens is 336 g/mol. The number of hydrogen-bond donors (Lipinski definition) is 2. The number of rotatable bonds is 3. The molecule has 2 aliphatic heterocycles. The van der Waals surface area contributed by atoms with Gasteiger partial charge in [0.15, 0.2) is 0 Å². The molecule has 0 spiro atoms. The molecule has 26 heavy (non-hydrogen) atoms. The molecule has 2 N–H and O–H groups in total. The summed E-state index contributed by atoms with van der Waals surface area (Å²) in [4.78, 5) is 33.2. The van der Waals surface area contributed by atoms with Gasteiger partial charge in [-0.1, -0.05) is 6.08 Å². The first-order valence-electron chi connectivity index (χ1n) is 8.36. The monoisotopic (exact) mass is 354 g/mol. The number of fused-ring (bicyclic) bond motifs is 2. The molecule has 9 nitrogen and oxygen atoms in total. The van der Waals surface area contributed by atoms with Crippen LogP contribution in [0.15, 0.2) is 30.7 Å². The first-order chi connectivity index (χ1) is 12.5. The fraction of sp³-hybridized carbons (Fsp3) is 0.353. The van der Waals surface area contributed by atoms with Crippen LogP contribution in [-0.4, -0.2) is 53.7 Å². The van der Waals surface area contributed by atoms with Gasteiger partial charge in [0, 0.05) is 25.5 Å². The summed E-state index contributed by atoms with van der Waals surface area (Å²) in [7, 11) is 1.83. The third kappa shape index (κ3) is 2.92.